The van der Waals surface area contributed by atoms with Crippen molar-refractivity contribution in [1.82, 2.24) is 0 Å². The van der Waals surface area contributed by atoms with Gasteiger partial charge in [-0.2, -0.15) is 0 Å². The predicted octanol–water partition coefficient (Wildman–Crippen LogP) is 6.13. The smallest absolute Gasteiger partial charge is 0.234 e. The Hall–Kier alpha value is -0.920. The largest absolute Gasteiger partial charge is 0.316 e. The van der Waals surface area contributed by atoms with Crippen LogP contribution in [0.1, 0.15) is 53.4 Å². The molecule has 0 bridgehead atoms. The minimum absolute atomic E-state index is 0.104. The fraction of sp³-hybridized carbons (Fsp3) is 0.368. The van der Waals surface area contributed by atoms with Crippen LogP contribution in [0.4, 0.5) is 5.00 Å². The average Bonchev–Trinajstić information content (AvgIpc) is 3.01. The van der Waals surface area contributed by atoms with Crippen LogP contribution in [0.15, 0.2) is 30.3 Å². The molecule has 6 heteroatoms. The normalized spacial score (nSPS) is 10.7. The first-order chi connectivity index (χ1) is 12.1. The van der Waals surface area contributed by atoms with Gasteiger partial charge in [0.15, 0.2) is 5.78 Å². The molecule has 0 unspecified atom stereocenters. The minimum Gasteiger partial charge on any atom is -0.316 e. The van der Waals surface area contributed by atoms with Crippen LogP contribution in [0.5, 0.6) is 0 Å². The fourth-order valence-corrected chi connectivity index (χ4v) is 4.03. The molecule has 2 rings (SSSR count). The summed E-state index contributed by atoms with van der Waals surface area (Å²) in [5.41, 5.74) is 0.992. The van der Waals surface area contributed by atoms with Gasteiger partial charge in [-0.15, -0.1) is 11.3 Å². The van der Waals surface area contributed by atoms with Gasteiger partial charge in [0.05, 0.1) is 15.0 Å². The van der Waals surface area contributed by atoms with Crippen LogP contribution in [0.3, 0.4) is 0 Å². The number of amides is 1. The molecule has 134 valence electrons. The van der Waals surface area contributed by atoms with Gasteiger partial charge in [-0.1, -0.05) is 72.5 Å². The summed E-state index contributed by atoms with van der Waals surface area (Å²) in [6.45, 7) is 2.18. The number of halogens is 2. The maximum Gasteiger partial charge on any atom is 0.234 e. The van der Waals surface area contributed by atoms with Gasteiger partial charge in [0.1, 0.15) is 5.00 Å². The lowest BCUT2D eigenvalue weighted by atomic mass is 10.0. The molecular weight excluding hydrogens is 469 g/mol. The Balaban J connectivity index is 2.27. The van der Waals surface area contributed by atoms with Crippen molar-refractivity contribution in [1.29, 1.82) is 0 Å². The molecule has 0 aliphatic heterocycles. The van der Waals surface area contributed by atoms with Gasteiger partial charge in [-0.05, 0) is 31.0 Å². The second kappa shape index (κ2) is 10.3. The Labute approximate surface area is 171 Å². The molecule has 0 aliphatic carbocycles. The van der Waals surface area contributed by atoms with Crippen molar-refractivity contribution in [2.75, 3.05) is 9.74 Å². The van der Waals surface area contributed by atoms with Crippen molar-refractivity contribution in [2.45, 2.75) is 39.0 Å². The van der Waals surface area contributed by atoms with E-state index in [9.17, 15) is 9.59 Å². The summed E-state index contributed by atoms with van der Waals surface area (Å²) in [6, 6.07) is 8.92. The Kier molecular flexibility index (Phi) is 8.39. The third kappa shape index (κ3) is 5.79. The van der Waals surface area contributed by atoms with Crippen molar-refractivity contribution in [3.8, 4) is 0 Å². The van der Waals surface area contributed by atoms with Crippen LogP contribution in [0.2, 0.25) is 5.02 Å². The minimum atomic E-state index is -0.148. The Morgan fingerprint density at radius 1 is 1.16 bits per heavy atom. The van der Waals surface area contributed by atoms with Crippen LogP contribution in [0, 0.1) is 0 Å². The number of alkyl halides is 1. The summed E-state index contributed by atoms with van der Waals surface area (Å²) < 4.78 is 0.348. The first kappa shape index (κ1) is 20.4. The summed E-state index contributed by atoms with van der Waals surface area (Å²) in [5.74, 6) is -0.251. The first-order valence-corrected chi connectivity index (χ1v) is 11.1. The monoisotopic (exact) mass is 489 g/mol. The molecule has 1 aromatic carbocycles. The summed E-state index contributed by atoms with van der Waals surface area (Å²) in [7, 11) is 0. The Bertz CT molecular complexity index is 745. The summed E-state index contributed by atoms with van der Waals surface area (Å²) >= 11 is 9.68. The van der Waals surface area contributed by atoms with Gasteiger partial charge in [0.25, 0.3) is 0 Å². The topological polar surface area (TPSA) is 46.2 Å². The van der Waals surface area contributed by atoms with E-state index in [-0.39, 0.29) is 11.7 Å². The van der Waals surface area contributed by atoms with Gasteiger partial charge in [-0.25, -0.2) is 0 Å². The molecule has 0 saturated carbocycles. The molecule has 25 heavy (non-hydrogen) atoms. The van der Waals surface area contributed by atoms with Crippen molar-refractivity contribution < 1.29 is 9.59 Å². The zero-order valence-corrected chi connectivity index (χ0v) is 17.8. The van der Waals surface area contributed by atoms with E-state index in [0.29, 0.717) is 25.6 Å². The van der Waals surface area contributed by atoms with Crippen molar-refractivity contribution in [3.63, 3.8) is 0 Å². The van der Waals surface area contributed by atoms with Crippen molar-refractivity contribution in [3.05, 3.63) is 51.4 Å². The number of ketones is 1. The molecule has 0 saturated heterocycles. The highest BCUT2D eigenvalue weighted by Crippen LogP contribution is 2.32. The lowest BCUT2D eigenvalue weighted by Crippen LogP contribution is -2.14. The van der Waals surface area contributed by atoms with E-state index >= 15 is 0 Å². The standard InChI is InChI=1S/C19H21ClINO2S/c1-2-3-4-5-8-13-11-15(19(25-13)22-17(23)12-21)18(24)14-9-6-7-10-16(14)20/h6-7,9-11H,2-5,8,12H2,1H3,(H,22,23). The van der Waals surface area contributed by atoms with E-state index in [4.69, 9.17) is 11.6 Å². The van der Waals surface area contributed by atoms with E-state index in [1.54, 1.807) is 24.3 Å². The number of anilines is 1. The molecule has 0 spiro atoms. The number of carbonyl (C=O) groups is 2. The molecule has 0 fully saturated rings. The summed E-state index contributed by atoms with van der Waals surface area (Å²) in [4.78, 5) is 25.9. The lowest BCUT2D eigenvalue weighted by Gasteiger charge is -2.05. The number of rotatable bonds is 9. The van der Waals surface area contributed by atoms with Crippen LogP contribution in [-0.2, 0) is 11.2 Å². The van der Waals surface area contributed by atoms with Gasteiger partial charge in [-0.3, -0.25) is 9.59 Å². The van der Waals surface area contributed by atoms with Crippen LogP contribution < -0.4 is 5.32 Å². The Morgan fingerprint density at radius 3 is 2.60 bits per heavy atom. The molecule has 1 aromatic heterocycles. The van der Waals surface area contributed by atoms with E-state index in [1.807, 2.05) is 28.7 Å². The first-order valence-electron chi connectivity index (χ1n) is 8.34. The number of benzene rings is 1. The maximum atomic E-state index is 12.9. The van der Waals surface area contributed by atoms with Crippen LogP contribution in [0.25, 0.3) is 0 Å². The number of hydrogen-bond donors (Lipinski definition) is 1. The SMILES string of the molecule is CCCCCCc1cc(C(=O)c2ccccc2Cl)c(NC(=O)CI)s1. The highest BCUT2D eigenvalue weighted by molar-refractivity contribution is 14.1. The van der Waals surface area contributed by atoms with Crippen LogP contribution >= 0.6 is 45.5 Å². The quantitative estimate of drug-likeness (QED) is 0.199. The van der Waals surface area contributed by atoms with E-state index in [2.05, 4.69) is 12.2 Å². The molecule has 3 nitrogen and oxygen atoms in total. The number of carbonyl (C=O) groups excluding carboxylic acids is 2. The van der Waals surface area contributed by atoms with Gasteiger partial charge < -0.3 is 5.32 Å². The predicted molar refractivity (Wildman–Crippen MR) is 115 cm³/mol. The number of aryl methyl sites for hydroxylation is 1. The zero-order chi connectivity index (χ0) is 18.2. The molecule has 1 heterocycles. The number of thiophene rings is 1. The molecule has 0 radical (unpaired) electrons. The highest BCUT2D eigenvalue weighted by Gasteiger charge is 2.20. The molecule has 1 N–H and O–H groups in total. The average molecular weight is 490 g/mol. The third-order valence-corrected chi connectivity index (χ3v) is 5.93. The molecule has 1 amide bonds. The summed E-state index contributed by atoms with van der Waals surface area (Å²) in [5, 5.41) is 3.91. The van der Waals surface area contributed by atoms with E-state index < -0.39 is 0 Å². The summed E-state index contributed by atoms with van der Waals surface area (Å²) in [6.07, 6.45) is 5.60. The zero-order valence-electron chi connectivity index (χ0n) is 14.1. The second-order valence-corrected chi connectivity index (χ2v) is 8.06. The lowest BCUT2D eigenvalue weighted by molar-refractivity contribution is -0.113. The molecule has 2 aromatic rings. The van der Waals surface area contributed by atoms with Crippen molar-refractivity contribution >= 4 is 62.2 Å². The van der Waals surface area contributed by atoms with E-state index in [1.165, 1.54) is 30.6 Å². The number of unbranched alkanes of at least 4 members (excludes halogenated alkanes) is 3. The van der Waals surface area contributed by atoms with Gasteiger partial charge >= 0.3 is 0 Å². The Morgan fingerprint density at radius 2 is 1.92 bits per heavy atom. The number of hydrogen-bond acceptors (Lipinski definition) is 3. The van der Waals surface area contributed by atoms with E-state index in [0.717, 1.165) is 17.7 Å². The van der Waals surface area contributed by atoms with Crippen LogP contribution in [-0.4, -0.2) is 16.1 Å². The molecular formula is C19H21ClINO2S. The third-order valence-electron chi connectivity index (χ3n) is 3.80. The van der Waals surface area contributed by atoms with Gasteiger partial charge in [0, 0.05) is 10.4 Å². The molecule has 0 aliphatic rings. The highest BCUT2D eigenvalue weighted by atomic mass is 127. The maximum absolute atomic E-state index is 12.9. The number of nitrogens with one attached hydrogen (secondary N) is 1. The van der Waals surface area contributed by atoms with Gasteiger partial charge in [0.2, 0.25) is 5.91 Å². The fourth-order valence-electron chi connectivity index (χ4n) is 2.50. The molecule has 0 atom stereocenters. The van der Waals surface area contributed by atoms with Crippen molar-refractivity contribution in [2.24, 2.45) is 0 Å². The second-order valence-electron chi connectivity index (χ2n) is 5.76.